The van der Waals surface area contributed by atoms with E-state index < -0.39 is 5.91 Å². The SMILES string of the molecule is C[C@H](Cn1cccn1)NC(=O)c1ccccc1OCC(N)=O. The predicted octanol–water partition coefficient (Wildman–Crippen LogP) is 0.566. The molecule has 7 heteroatoms. The van der Waals surface area contributed by atoms with Crippen molar-refractivity contribution >= 4 is 11.8 Å². The van der Waals surface area contributed by atoms with Crippen LogP contribution in [0.15, 0.2) is 42.7 Å². The van der Waals surface area contributed by atoms with Crippen LogP contribution in [0.4, 0.5) is 0 Å². The Kier molecular flexibility index (Phi) is 5.13. The van der Waals surface area contributed by atoms with Crippen molar-refractivity contribution in [2.24, 2.45) is 5.73 Å². The predicted molar refractivity (Wildman–Crippen MR) is 80.3 cm³/mol. The number of nitrogens with two attached hydrogens (primary N) is 1. The van der Waals surface area contributed by atoms with Crippen LogP contribution in [-0.2, 0) is 11.3 Å². The van der Waals surface area contributed by atoms with Gasteiger partial charge in [-0.25, -0.2) is 0 Å². The molecule has 116 valence electrons. The number of aromatic nitrogens is 2. The fraction of sp³-hybridized carbons (Fsp3) is 0.267. The lowest BCUT2D eigenvalue weighted by Crippen LogP contribution is -2.36. The second-order valence-corrected chi connectivity index (χ2v) is 4.85. The van der Waals surface area contributed by atoms with E-state index in [1.54, 1.807) is 35.1 Å². The van der Waals surface area contributed by atoms with Gasteiger partial charge in [0.05, 0.1) is 12.1 Å². The standard InChI is InChI=1S/C15H18N4O3/c1-11(9-19-8-4-7-17-19)18-15(21)12-5-2-3-6-13(12)22-10-14(16)20/h2-8,11H,9-10H2,1H3,(H2,16,20)(H,18,21)/t11-/m1/s1. The molecule has 7 nitrogen and oxygen atoms in total. The van der Waals surface area contributed by atoms with Crippen LogP contribution in [0.1, 0.15) is 17.3 Å². The molecule has 2 rings (SSSR count). The number of benzene rings is 1. The van der Waals surface area contributed by atoms with Crippen LogP contribution in [0.25, 0.3) is 0 Å². The van der Waals surface area contributed by atoms with Gasteiger partial charge in [0.2, 0.25) is 0 Å². The van der Waals surface area contributed by atoms with Crippen molar-refractivity contribution in [1.82, 2.24) is 15.1 Å². The van der Waals surface area contributed by atoms with E-state index in [-0.39, 0.29) is 18.6 Å². The first kappa shape index (κ1) is 15.6. The van der Waals surface area contributed by atoms with E-state index in [1.165, 1.54) is 0 Å². The molecular formula is C15H18N4O3. The summed E-state index contributed by atoms with van der Waals surface area (Å²) >= 11 is 0. The summed E-state index contributed by atoms with van der Waals surface area (Å²) in [4.78, 5) is 23.1. The quantitative estimate of drug-likeness (QED) is 0.781. The minimum Gasteiger partial charge on any atom is -0.483 e. The first-order valence-electron chi connectivity index (χ1n) is 6.84. The van der Waals surface area contributed by atoms with Crippen molar-refractivity contribution in [3.8, 4) is 5.75 Å². The second-order valence-electron chi connectivity index (χ2n) is 4.85. The summed E-state index contributed by atoms with van der Waals surface area (Å²) in [6.07, 6.45) is 3.51. The molecule has 0 bridgehead atoms. The molecule has 1 atom stereocenters. The number of amides is 2. The maximum atomic E-state index is 12.3. The molecule has 2 aromatic rings. The number of carbonyl (C=O) groups is 2. The third-order valence-electron chi connectivity index (χ3n) is 2.90. The highest BCUT2D eigenvalue weighted by molar-refractivity contribution is 5.97. The molecule has 0 fully saturated rings. The Morgan fingerprint density at radius 3 is 2.82 bits per heavy atom. The number of carbonyl (C=O) groups excluding carboxylic acids is 2. The molecule has 2 amide bonds. The zero-order valence-electron chi connectivity index (χ0n) is 12.2. The Morgan fingerprint density at radius 1 is 1.36 bits per heavy atom. The van der Waals surface area contributed by atoms with E-state index in [0.717, 1.165) is 0 Å². The molecule has 1 aromatic heterocycles. The first-order chi connectivity index (χ1) is 10.6. The number of nitrogens with one attached hydrogen (secondary N) is 1. The summed E-state index contributed by atoms with van der Waals surface area (Å²) in [6, 6.07) is 8.41. The van der Waals surface area contributed by atoms with E-state index in [4.69, 9.17) is 10.5 Å². The van der Waals surface area contributed by atoms with Crippen LogP contribution in [0.3, 0.4) is 0 Å². The van der Waals surface area contributed by atoms with Crippen LogP contribution < -0.4 is 15.8 Å². The monoisotopic (exact) mass is 302 g/mol. The fourth-order valence-electron chi connectivity index (χ4n) is 1.97. The zero-order valence-corrected chi connectivity index (χ0v) is 12.2. The van der Waals surface area contributed by atoms with E-state index in [0.29, 0.717) is 17.9 Å². The summed E-state index contributed by atoms with van der Waals surface area (Å²) in [6.45, 7) is 2.17. The Hall–Kier alpha value is -2.83. The normalized spacial score (nSPS) is 11.7. The van der Waals surface area contributed by atoms with Gasteiger partial charge in [-0.15, -0.1) is 0 Å². The number of para-hydroxylation sites is 1. The number of primary amides is 1. The molecule has 1 heterocycles. The zero-order chi connectivity index (χ0) is 15.9. The van der Waals surface area contributed by atoms with Crippen LogP contribution in [-0.4, -0.2) is 34.2 Å². The molecule has 3 N–H and O–H groups in total. The Balaban J connectivity index is 2.01. The number of hydrogen-bond donors (Lipinski definition) is 2. The van der Waals surface area contributed by atoms with Gasteiger partial charge >= 0.3 is 0 Å². The van der Waals surface area contributed by atoms with Crippen molar-refractivity contribution < 1.29 is 14.3 Å². The van der Waals surface area contributed by atoms with Gasteiger partial charge in [0.25, 0.3) is 11.8 Å². The van der Waals surface area contributed by atoms with Crippen molar-refractivity contribution in [2.75, 3.05) is 6.61 Å². The third kappa shape index (κ3) is 4.34. The van der Waals surface area contributed by atoms with Gasteiger partial charge in [-0.2, -0.15) is 5.10 Å². The van der Waals surface area contributed by atoms with Crippen LogP contribution >= 0.6 is 0 Å². The van der Waals surface area contributed by atoms with Crippen molar-refractivity contribution in [2.45, 2.75) is 19.5 Å². The topological polar surface area (TPSA) is 99.2 Å². The third-order valence-corrected chi connectivity index (χ3v) is 2.90. The molecular weight excluding hydrogens is 284 g/mol. The molecule has 0 aliphatic heterocycles. The number of hydrogen-bond acceptors (Lipinski definition) is 4. The highest BCUT2D eigenvalue weighted by Gasteiger charge is 2.15. The molecule has 22 heavy (non-hydrogen) atoms. The van der Waals surface area contributed by atoms with E-state index in [1.807, 2.05) is 19.2 Å². The summed E-state index contributed by atoms with van der Waals surface area (Å²) in [5, 5.41) is 6.96. The molecule has 0 saturated carbocycles. The van der Waals surface area contributed by atoms with Crippen LogP contribution in [0.5, 0.6) is 5.75 Å². The Morgan fingerprint density at radius 2 is 2.14 bits per heavy atom. The summed E-state index contributed by atoms with van der Waals surface area (Å²) < 4.78 is 6.99. The largest absolute Gasteiger partial charge is 0.483 e. The molecule has 0 saturated heterocycles. The number of rotatable bonds is 7. The molecule has 0 radical (unpaired) electrons. The maximum absolute atomic E-state index is 12.3. The lowest BCUT2D eigenvalue weighted by molar-refractivity contribution is -0.119. The molecule has 0 unspecified atom stereocenters. The second kappa shape index (κ2) is 7.26. The summed E-state index contributed by atoms with van der Waals surface area (Å²) in [5.74, 6) is -0.549. The van der Waals surface area contributed by atoms with E-state index in [9.17, 15) is 9.59 Å². The minimum atomic E-state index is -0.595. The van der Waals surface area contributed by atoms with Gasteiger partial charge in [0.15, 0.2) is 6.61 Å². The van der Waals surface area contributed by atoms with Gasteiger partial charge in [0.1, 0.15) is 5.75 Å². The molecule has 0 spiro atoms. The lowest BCUT2D eigenvalue weighted by atomic mass is 10.1. The van der Waals surface area contributed by atoms with Crippen molar-refractivity contribution in [3.63, 3.8) is 0 Å². The summed E-state index contributed by atoms with van der Waals surface area (Å²) in [5.41, 5.74) is 5.41. The van der Waals surface area contributed by atoms with Crippen molar-refractivity contribution in [1.29, 1.82) is 0 Å². The smallest absolute Gasteiger partial charge is 0.255 e. The average molecular weight is 302 g/mol. The highest BCUT2D eigenvalue weighted by Crippen LogP contribution is 2.17. The van der Waals surface area contributed by atoms with E-state index in [2.05, 4.69) is 10.4 Å². The van der Waals surface area contributed by atoms with Crippen molar-refractivity contribution in [3.05, 3.63) is 48.3 Å². The highest BCUT2D eigenvalue weighted by atomic mass is 16.5. The average Bonchev–Trinajstić information content (AvgIpc) is 2.98. The number of ether oxygens (including phenoxy) is 1. The Labute approximate surface area is 128 Å². The van der Waals surface area contributed by atoms with E-state index >= 15 is 0 Å². The molecule has 0 aliphatic rings. The van der Waals surface area contributed by atoms with Crippen LogP contribution in [0.2, 0.25) is 0 Å². The Bertz CT molecular complexity index is 640. The lowest BCUT2D eigenvalue weighted by Gasteiger charge is -2.15. The maximum Gasteiger partial charge on any atom is 0.255 e. The molecule has 0 aliphatic carbocycles. The summed E-state index contributed by atoms with van der Waals surface area (Å²) in [7, 11) is 0. The molecule has 1 aromatic carbocycles. The van der Waals surface area contributed by atoms with Gasteiger partial charge < -0.3 is 15.8 Å². The van der Waals surface area contributed by atoms with Gasteiger partial charge in [0, 0.05) is 18.4 Å². The van der Waals surface area contributed by atoms with Gasteiger partial charge in [-0.1, -0.05) is 12.1 Å². The van der Waals surface area contributed by atoms with Gasteiger partial charge in [-0.3, -0.25) is 14.3 Å². The minimum absolute atomic E-state index is 0.114. The first-order valence-corrected chi connectivity index (χ1v) is 6.84. The van der Waals surface area contributed by atoms with Crippen LogP contribution in [0, 0.1) is 0 Å². The van der Waals surface area contributed by atoms with Gasteiger partial charge in [-0.05, 0) is 25.1 Å². The number of nitrogens with zero attached hydrogens (tertiary/aromatic N) is 2. The fourth-order valence-corrected chi connectivity index (χ4v) is 1.97.